The highest BCUT2D eigenvalue weighted by atomic mass is 15.0. The number of rotatable bonds is 5. The number of nitrogens with one attached hydrogen (secondary N) is 2. The highest BCUT2D eigenvalue weighted by molar-refractivity contribution is 5.36. The molecule has 0 radical (unpaired) electrons. The molecule has 2 N–H and O–H groups in total. The normalized spacial score (nSPS) is 16.8. The van der Waals surface area contributed by atoms with Crippen LogP contribution in [-0.2, 0) is 6.42 Å². The van der Waals surface area contributed by atoms with Crippen molar-refractivity contribution in [1.82, 2.24) is 15.3 Å². The van der Waals surface area contributed by atoms with E-state index < -0.39 is 0 Å². The Balaban J connectivity index is 2.00. The number of hydrogen-bond acceptors (Lipinski definition) is 4. The molecule has 2 rings (SSSR count). The lowest BCUT2D eigenvalue weighted by Crippen LogP contribution is -2.31. The molecule has 0 aromatic carbocycles. The SMILES string of the molecule is CCc1cc(NCC2CCNCC2)nc(C(C)C)n1. The van der Waals surface area contributed by atoms with Crippen LogP contribution < -0.4 is 10.6 Å². The van der Waals surface area contributed by atoms with Gasteiger partial charge in [0, 0.05) is 24.2 Å². The van der Waals surface area contributed by atoms with E-state index in [1.807, 2.05) is 0 Å². The Morgan fingerprint density at radius 3 is 2.68 bits per heavy atom. The van der Waals surface area contributed by atoms with Crippen LogP contribution in [0.5, 0.6) is 0 Å². The van der Waals surface area contributed by atoms with Gasteiger partial charge in [-0.1, -0.05) is 20.8 Å². The summed E-state index contributed by atoms with van der Waals surface area (Å²) >= 11 is 0. The van der Waals surface area contributed by atoms with Crippen LogP contribution >= 0.6 is 0 Å². The Hall–Kier alpha value is -1.16. The fraction of sp³-hybridized carbons (Fsp3) is 0.733. The van der Waals surface area contributed by atoms with Crippen molar-refractivity contribution in [2.75, 3.05) is 25.0 Å². The molecule has 1 saturated heterocycles. The third-order valence-corrected chi connectivity index (χ3v) is 3.71. The van der Waals surface area contributed by atoms with Crippen LogP contribution in [0.3, 0.4) is 0 Å². The molecule has 4 heteroatoms. The minimum atomic E-state index is 0.380. The standard InChI is InChI=1S/C15H26N4/c1-4-13-9-14(19-15(18-13)11(2)3)17-10-12-5-7-16-8-6-12/h9,11-12,16H,4-8,10H2,1-3H3,(H,17,18,19). The molecule has 0 bridgehead atoms. The maximum atomic E-state index is 4.63. The number of aryl methyl sites for hydroxylation is 1. The van der Waals surface area contributed by atoms with Gasteiger partial charge in [-0.3, -0.25) is 0 Å². The predicted molar refractivity (Wildman–Crippen MR) is 79.6 cm³/mol. The Labute approximate surface area is 116 Å². The van der Waals surface area contributed by atoms with Crippen LogP contribution in [0.2, 0.25) is 0 Å². The van der Waals surface area contributed by atoms with E-state index in [1.165, 1.54) is 12.8 Å². The summed E-state index contributed by atoms with van der Waals surface area (Å²) < 4.78 is 0. The summed E-state index contributed by atoms with van der Waals surface area (Å²) in [5.41, 5.74) is 1.13. The van der Waals surface area contributed by atoms with Gasteiger partial charge in [-0.2, -0.15) is 0 Å². The van der Waals surface area contributed by atoms with Crippen LogP contribution in [-0.4, -0.2) is 29.6 Å². The molecule has 4 nitrogen and oxygen atoms in total. The van der Waals surface area contributed by atoms with Crippen LogP contribution in [0, 0.1) is 5.92 Å². The van der Waals surface area contributed by atoms with E-state index in [9.17, 15) is 0 Å². The van der Waals surface area contributed by atoms with Crippen molar-refractivity contribution in [3.8, 4) is 0 Å². The van der Waals surface area contributed by atoms with Gasteiger partial charge < -0.3 is 10.6 Å². The summed E-state index contributed by atoms with van der Waals surface area (Å²) in [5.74, 6) is 3.09. The van der Waals surface area contributed by atoms with Gasteiger partial charge >= 0.3 is 0 Å². The van der Waals surface area contributed by atoms with Gasteiger partial charge in [-0.15, -0.1) is 0 Å². The molecule has 2 heterocycles. The largest absolute Gasteiger partial charge is 0.370 e. The third kappa shape index (κ3) is 4.16. The molecule has 0 amide bonds. The topological polar surface area (TPSA) is 49.8 Å². The van der Waals surface area contributed by atoms with E-state index in [4.69, 9.17) is 0 Å². The summed E-state index contributed by atoms with van der Waals surface area (Å²) in [6.07, 6.45) is 3.48. The van der Waals surface area contributed by atoms with Crippen molar-refractivity contribution in [2.45, 2.75) is 46.0 Å². The van der Waals surface area contributed by atoms with Gasteiger partial charge in [0.25, 0.3) is 0 Å². The molecule has 0 unspecified atom stereocenters. The molecule has 1 aliphatic heterocycles. The summed E-state index contributed by atoms with van der Waals surface area (Å²) in [5, 5.41) is 6.91. The zero-order valence-corrected chi connectivity index (χ0v) is 12.4. The van der Waals surface area contributed by atoms with Crippen molar-refractivity contribution >= 4 is 5.82 Å². The van der Waals surface area contributed by atoms with E-state index >= 15 is 0 Å². The van der Waals surface area contributed by atoms with Crippen LogP contribution in [0.15, 0.2) is 6.07 Å². The first-order valence-electron chi connectivity index (χ1n) is 7.51. The number of anilines is 1. The number of hydrogen-bond donors (Lipinski definition) is 2. The second kappa shape index (κ2) is 6.85. The van der Waals surface area contributed by atoms with Crippen molar-refractivity contribution in [3.05, 3.63) is 17.6 Å². The Kier molecular flexibility index (Phi) is 5.14. The van der Waals surface area contributed by atoms with Gasteiger partial charge in [0.05, 0.1) is 0 Å². The molecule has 1 fully saturated rings. The van der Waals surface area contributed by atoms with Crippen molar-refractivity contribution in [2.24, 2.45) is 5.92 Å². The molecular formula is C15H26N4. The lowest BCUT2D eigenvalue weighted by atomic mass is 9.98. The quantitative estimate of drug-likeness (QED) is 0.856. The van der Waals surface area contributed by atoms with Gasteiger partial charge in [-0.25, -0.2) is 9.97 Å². The highest BCUT2D eigenvalue weighted by Crippen LogP contribution is 2.16. The zero-order valence-electron chi connectivity index (χ0n) is 12.4. The first kappa shape index (κ1) is 14.3. The smallest absolute Gasteiger partial charge is 0.133 e. The zero-order chi connectivity index (χ0) is 13.7. The summed E-state index contributed by atoms with van der Waals surface area (Å²) in [7, 11) is 0. The second-order valence-electron chi connectivity index (χ2n) is 5.69. The van der Waals surface area contributed by atoms with E-state index in [1.54, 1.807) is 0 Å². The van der Waals surface area contributed by atoms with Gasteiger partial charge in [-0.05, 0) is 38.3 Å². The van der Waals surface area contributed by atoms with Gasteiger partial charge in [0.15, 0.2) is 0 Å². The first-order valence-corrected chi connectivity index (χ1v) is 7.51. The van der Waals surface area contributed by atoms with E-state index in [2.05, 4.69) is 47.4 Å². The van der Waals surface area contributed by atoms with Crippen LogP contribution in [0.1, 0.15) is 51.0 Å². The monoisotopic (exact) mass is 262 g/mol. The lowest BCUT2D eigenvalue weighted by Gasteiger charge is -2.23. The molecule has 106 valence electrons. The average Bonchev–Trinajstić information content (AvgIpc) is 2.45. The van der Waals surface area contributed by atoms with Gasteiger partial charge in [0.1, 0.15) is 11.6 Å². The summed E-state index contributed by atoms with van der Waals surface area (Å²) in [4.78, 5) is 9.21. The summed E-state index contributed by atoms with van der Waals surface area (Å²) in [6, 6.07) is 2.09. The first-order chi connectivity index (χ1) is 9.19. The molecular weight excluding hydrogens is 236 g/mol. The Bertz CT molecular complexity index is 397. The number of aromatic nitrogens is 2. The minimum absolute atomic E-state index is 0.380. The molecule has 1 aliphatic rings. The Morgan fingerprint density at radius 2 is 2.05 bits per heavy atom. The molecule has 1 aromatic rings. The molecule has 0 spiro atoms. The van der Waals surface area contributed by atoms with E-state index in [0.717, 1.165) is 49.3 Å². The number of nitrogens with zero attached hydrogens (tertiary/aromatic N) is 2. The van der Waals surface area contributed by atoms with E-state index in [-0.39, 0.29) is 0 Å². The van der Waals surface area contributed by atoms with Crippen molar-refractivity contribution in [3.63, 3.8) is 0 Å². The fourth-order valence-corrected chi connectivity index (χ4v) is 2.38. The highest BCUT2D eigenvalue weighted by Gasteiger charge is 2.13. The molecule has 0 saturated carbocycles. The lowest BCUT2D eigenvalue weighted by molar-refractivity contribution is 0.389. The van der Waals surface area contributed by atoms with Crippen LogP contribution in [0.4, 0.5) is 5.82 Å². The third-order valence-electron chi connectivity index (χ3n) is 3.71. The van der Waals surface area contributed by atoms with Crippen LogP contribution in [0.25, 0.3) is 0 Å². The maximum absolute atomic E-state index is 4.63. The van der Waals surface area contributed by atoms with Crippen molar-refractivity contribution < 1.29 is 0 Å². The maximum Gasteiger partial charge on any atom is 0.133 e. The number of piperidine rings is 1. The molecule has 19 heavy (non-hydrogen) atoms. The summed E-state index contributed by atoms with van der Waals surface area (Å²) in [6.45, 7) is 9.75. The fourth-order valence-electron chi connectivity index (χ4n) is 2.38. The molecule has 0 aliphatic carbocycles. The average molecular weight is 262 g/mol. The van der Waals surface area contributed by atoms with Crippen molar-refractivity contribution in [1.29, 1.82) is 0 Å². The predicted octanol–water partition coefficient (Wildman–Crippen LogP) is 2.57. The molecule has 0 atom stereocenters. The second-order valence-corrected chi connectivity index (χ2v) is 5.69. The minimum Gasteiger partial charge on any atom is -0.370 e. The molecule has 1 aromatic heterocycles. The van der Waals surface area contributed by atoms with E-state index in [0.29, 0.717) is 5.92 Å². The Morgan fingerprint density at radius 1 is 1.32 bits per heavy atom. The van der Waals surface area contributed by atoms with Gasteiger partial charge in [0.2, 0.25) is 0 Å².